The highest BCUT2D eigenvalue weighted by Crippen LogP contribution is 2.54. The number of carbonyl (C=O) groups is 2. The summed E-state index contributed by atoms with van der Waals surface area (Å²) in [6, 6.07) is 15.3. The van der Waals surface area contributed by atoms with Gasteiger partial charge in [-0.05, 0) is 47.2 Å². The smallest absolute Gasteiger partial charge is 0.330 e. The Balaban J connectivity index is 1.99. The van der Waals surface area contributed by atoms with Crippen LogP contribution in [0.3, 0.4) is 0 Å². The molecule has 2 aromatic rings. The van der Waals surface area contributed by atoms with Gasteiger partial charge in [-0.15, -0.1) is 0 Å². The third kappa shape index (κ3) is 5.02. The quantitative estimate of drug-likeness (QED) is 0.455. The maximum atomic E-state index is 12.8. The molecule has 0 amide bonds. The topological polar surface area (TPSA) is 71.1 Å². The van der Waals surface area contributed by atoms with Crippen LogP contribution in [0.5, 0.6) is 11.5 Å². The zero-order valence-corrected chi connectivity index (χ0v) is 18.7. The summed E-state index contributed by atoms with van der Waals surface area (Å²) < 4.78 is 20.6. The van der Waals surface area contributed by atoms with E-state index in [2.05, 4.69) is 0 Å². The van der Waals surface area contributed by atoms with Crippen molar-refractivity contribution in [1.29, 1.82) is 0 Å². The Labute approximate surface area is 188 Å². The molecule has 0 saturated heterocycles. The van der Waals surface area contributed by atoms with Crippen LogP contribution in [0.1, 0.15) is 17.0 Å². The lowest BCUT2D eigenvalue weighted by molar-refractivity contribution is -0.154. The Bertz CT molecular complexity index is 1010. The highest BCUT2D eigenvalue weighted by molar-refractivity contribution is 5.82. The minimum absolute atomic E-state index is 0.104. The molecule has 0 spiro atoms. The first-order chi connectivity index (χ1) is 15.5. The molecule has 168 valence electrons. The normalized spacial score (nSPS) is 22.4. The molecule has 6 heteroatoms. The number of benzene rings is 2. The summed E-state index contributed by atoms with van der Waals surface area (Å²) in [5.41, 5.74) is 1.90. The van der Waals surface area contributed by atoms with Gasteiger partial charge < -0.3 is 18.9 Å². The van der Waals surface area contributed by atoms with E-state index in [1.807, 2.05) is 66.8 Å². The Morgan fingerprint density at radius 2 is 1.50 bits per heavy atom. The fourth-order valence-corrected chi connectivity index (χ4v) is 4.25. The van der Waals surface area contributed by atoms with Gasteiger partial charge >= 0.3 is 11.9 Å². The molecule has 2 aromatic carbocycles. The maximum Gasteiger partial charge on any atom is 0.330 e. The Kier molecular flexibility index (Phi) is 7.71. The van der Waals surface area contributed by atoms with Gasteiger partial charge in [-0.1, -0.05) is 42.5 Å². The number of rotatable bonds is 8. The standard InChI is InChI=1S/C26H28O6/c1-29-19-9-5-7-17(15-19)11-12-22-21(13-14-23(27)31-3)24(25(22)26(28)32-4)18-8-6-10-20(16-18)30-2/h5-16,21-22,24-25H,1-4H3/b12-11+,14-13+/t21-,22+,24+,25-/m1/s1. The Morgan fingerprint density at radius 1 is 0.812 bits per heavy atom. The second-order valence-corrected chi connectivity index (χ2v) is 7.52. The molecule has 3 rings (SSSR count). The monoisotopic (exact) mass is 436 g/mol. The summed E-state index contributed by atoms with van der Waals surface area (Å²) >= 11 is 0. The van der Waals surface area contributed by atoms with Crippen LogP contribution in [0.25, 0.3) is 6.08 Å². The Morgan fingerprint density at radius 3 is 2.16 bits per heavy atom. The zero-order valence-electron chi connectivity index (χ0n) is 18.7. The molecule has 0 unspecified atom stereocenters. The minimum Gasteiger partial charge on any atom is -0.497 e. The second-order valence-electron chi connectivity index (χ2n) is 7.52. The van der Waals surface area contributed by atoms with Crippen molar-refractivity contribution in [3.05, 3.63) is 77.9 Å². The van der Waals surface area contributed by atoms with E-state index in [4.69, 9.17) is 18.9 Å². The van der Waals surface area contributed by atoms with Gasteiger partial charge in [0.1, 0.15) is 11.5 Å². The summed E-state index contributed by atoms with van der Waals surface area (Å²) in [5.74, 6) is -0.108. The van der Waals surface area contributed by atoms with Crippen molar-refractivity contribution in [3.63, 3.8) is 0 Å². The Hall–Kier alpha value is -3.54. The molecule has 6 nitrogen and oxygen atoms in total. The van der Waals surface area contributed by atoms with Crippen LogP contribution < -0.4 is 9.47 Å². The molecule has 0 bridgehead atoms. The molecule has 0 radical (unpaired) electrons. The van der Waals surface area contributed by atoms with Crippen LogP contribution in [0.4, 0.5) is 0 Å². The van der Waals surface area contributed by atoms with Crippen LogP contribution in [0.15, 0.2) is 66.8 Å². The predicted octanol–water partition coefficient (Wildman–Crippen LogP) is 4.27. The van der Waals surface area contributed by atoms with E-state index in [-0.39, 0.29) is 23.7 Å². The van der Waals surface area contributed by atoms with Crippen molar-refractivity contribution in [3.8, 4) is 11.5 Å². The maximum absolute atomic E-state index is 12.8. The van der Waals surface area contributed by atoms with Gasteiger partial charge in [0.2, 0.25) is 0 Å². The summed E-state index contributed by atoms with van der Waals surface area (Å²) in [6.45, 7) is 0. The molecule has 1 aliphatic carbocycles. The largest absolute Gasteiger partial charge is 0.497 e. The van der Waals surface area contributed by atoms with E-state index >= 15 is 0 Å². The number of hydrogen-bond donors (Lipinski definition) is 0. The molecule has 0 N–H and O–H groups in total. The molecule has 4 atom stereocenters. The number of ether oxygens (including phenoxy) is 4. The molecular weight excluding hydrogens is 408 g/mol. The van der Waals surface area contributed by atoms with Gasteiger partial charge in [0.15, 0.2) is 0 Å². The predicted molar refractivity (Wildman–Crippen MR) is 121 cm³/mol. The van der Waals surface area contributed by atoms with Crippen molar-refractivity contribution >= 4 is 18.0 Å². The molecular formula is C26H28O6. The lowest BCUT2D eigenvalue weighted by Gasteiger charge is -2.48. The number of carbonyl (C=O) groups excluding carboxylic acids is 2. The third-order valence-corrected chi connectivity index (χ3v) is 5.87. The van der Waals surface area contributed by atoms with Gasteiger partial charge in [0.25, 0.3) is 0 Å². The summed E-state index contributed by atoms with van der Waals surface area (Å²) in [7, 11) is 5.95. The zero-order chi connectivity index (χ0) is 23.1. The van der Waals surface area contributed by atoms with E-state index in [1.165, 1.54) is 20.3 Å². The first-order valence-electron chi connectivity index (χ1n) is 10.3. The number of hydrogen-bond acceptors (Lipinski definition) is 6. The molecule has 0 aliphatic heterocycles. The first-order valence-corrected chi connectivity index (χ1v) is 10.3. The van der Waals surface area contributed by atoms with Gasteiger partial charge in [-0.3, -0.25) is 4.79 Å². The minimum atomic E-state index is -0.438. The summed E-state index contributed by atoms with van der Waals surface area (Å²) in [5, 5.41) is 0. The van der Waals surface area contributed by atoms with Crippen LogP contribution >= 0.6 is 0 Å². The first kappa shape index (κ1) is 23.1. The lowest BCUT2D eigenvalue weighted by atomic mass is 9.54. The van der Waals surface area contributed by atoms with Crippen molar-refractivity contribution in [2.45, 2.75) is 5.92 Å². The number of allylic oxidation sites excluding steroid dienone is 2. The molecule has 1 saturated carbocycles. The lowest BCUT2D eigenvalue weighted by Crippen LogP contribution is -2.48. The summed E-state index contributed by atoms with van der Waals surface area (Å²) in [4.78, 5) is 24.5. The van der Waals surface area contributed by atoms with Crippen molar-refractivity contribution in [2.75, 3.05) is 28.4 Å². The fraction of sp³-hybridized carbons (Fsp3) is 0.308. The van der Waals surface area contributed by atoms with E-state index < -0.39 is 11.9 Å². The molecule has 0 heterocycles. The van der Waals surface area contributed by atoms with Crippen LogP contribution in [-0.2, 0) is 19.1 Å². The van der Waals surface area contributed by atoms with E-state index in [0.717, 1.165) is 16.9 Å². The SMILES string of the molecule is COC(=O)/C=C/[C@@H]1[C@H](/C=C/c2cccc(OC)c2)[C@@H](C(=O)OC)[C@H]1c1cccc(OC)c1. The van der Waals surface area contributed by atoms with E-state index in [9.17, 15) is 9.59 Å². The highest BCUT2D eigenvalue weighted by atomic mass is 16.5. The summed E-state index contributed by atoms with van der Waals surface area (Å²) in [6.07, 6.45) is 7.19. The number of esters is 2. The fourth-order valence-electron chi connectivity index (χ4n) is 4.25. The number of methoxy groups -OCH3 is 4. The van der Waals surface area contributed by atoms with Crippen molar-refractivity contribution in [2.24, 2.45) is 17.8 Å². The van der Waals surface area contributed by atoms with Crippen molar-refractivity contribution < 1.29 is 28.5 Å². The average Bonchev–Trinajstić information content (AvgIpc) is 2.83. The van der Waals surface area contributed by atoms with Crippen molar-refractivity contribution in [1.82, 2.24) is 0 Å². The van der Waals surface area contributed by atoms with Crippen LogP contribution in [0, 0.1) is 17.8 Å². The third-order valence-electron chi connectivity index (χ3n) is 5.87. The van der Waals surface area contributed by atoms with E-state index in [0.29, 0.717) is 5.75 Å². The van der Waals surface area contributed by atoms with Crippen LogP contribution in [0.2, 0.25) is 0 Å². The molecule has 32 heavy (non-hydrogen) atoms. The second kappa shape index (κ2) is 10.7. The molecule has 1 aliphatic rings. The molecule has 1 fully saturated rings. The van der Waals surface area contributed by atoms with Gasteiger partial charge in [0.05, 0.1) is 34.4 Å². The average molecular weight is 437 g/mol. The van der Waals surface area contributed by atoms with Gasteiger partial charge in [0, 0.05) is 12.0 Å². The molecule has 0 aromatic heterocycles. The van der Waals surface area contributed by atoms with E-state index in [1.54, 1.807) is 14.2 Å². The van der Waals surface area contributed by atoms with Gasteiger partial charge in [-0.25, -0.2) is 4.79 Å². The van der Waals surface area contributed by atoms with Crippen LogP contribution in [-0.4, -0.2) is 40.4 Å². The van der Waals surface area contributed by atoms with Gasteiger partial charge in [-0.2, -0.15) is 0 Å². The highest BCUT2D eigenvalue weighted by Gasteiger charge is 2.53.